The first-order chi connectivity index (χ1) is 6.11. The standard InChI is InChI=1S/C7H4ClNO4/c8-5(10)7(12)9-6(11)4-2-1-3-13-4/h1-3H,(H,9,11,12). The van der Waals surface area contributed by atoms with Gasteiger partial charge in [-0.15, -0.1) is 0 Å². The fraction of sp³-hybridized carbons (Fsp3) is 0. The van der Waals surface area contributed by atoms with Gasteiger partial charge in [-0.2, -0.15) is 0 Å². The first-order valence-electron chi connectivity index (χ1n) is 3.20. The first kappa shape index (κ1) is 9.47. The highest BCUT2D eigenvalue weighted by atomic mass is 35.5. The van der Waals surface area contributed by atoms with E-state index in [1.807, 2.05) is 0 Å². The van der Waals surface area contributed by atoms with E-state index < -0.39 is 17.1 Å². The number of amides is 2. The van der Waals surface area contributed by atoms with Gasteiger partial charge in [-0.1, -0.05) is 0 Å². The Morgan fingerprint density at radius 1 is 1.38 bits per heavy atom. The van der Waals surface area contributed by atoms with E-state index in [1.54, 1.807) is 5.32 Å². The van der Waals surface area contributed by atoms with E-state index in [0.717, 1.165) is 0 Å². The summed E-state index contributed by atoms with van der Waals surface area (Å²) in [4.78, 5) is 31.8. The lowest BCUT2D eigenvalue weighted by molar-refractivity contribution is -0.132. The van der Waals surface area contributed by atoms with Crippen LogP contribution in [0.25, 0.3) is 0 Å². The van der Waals surface area contributed by atoms with E-state index in [-0.39, 0.29) is 5.76 Å². The fourth-order valence-corrected chi connectivity index (χ4v) is 0.669. The predicted octanol–water partition coefficient (Wildman–Crippen LogP) is 0.301. The summed E-state index contributed by atoms with van der Waals surface area (Å²) < 4.78 is 4.66. The number of nitrogens with one attached hydrogen (secondary N) is 1. The Labute approximate surface area is 77.7 Å². The lowest BCUT2D eigenvalue weighted by Crippen LogP contribution is -2.33. The zero-order chi connectivity index (χ0) is 9.84. The summed E-state index contributed by atoms with van der Waals surface area (Å²) in [6.45, 7) is 0. The van der Waals surface area contributed by atoms with Crippen molar-refractivity contribution >= 4 is 28.7 Å². The molecule has 1 heterocycles. The van der Waals surface area contributed by atoms with E-state index in [0.29, 0.717) is 0 Å². The van der Waals surface area contributed by atoms with Crippen molar-refractivity contribution in [3.05, 3.63) is 24.2 Å². The molecule has 5 nitrogen and oxygen atoms in total. The van der Waals surface area contributed by atoms with Crippen molar-refractivity contribution in [2.75, 3.05) is 0 Å². The number of carbonyl (C=O) groups excluding carboxylic acids is 3. The molecule has 1 rings (SSSR count). The molecule has 2 amide bonds. The number of halogens is 1. The van der Waals surface area contributed by atoms with E-state index in [4.69, 9.17) is 11.6 Å². The van der Waals surface area contributed by atoms with E-state index in [2.05, 4.69) is 4.42 Å². The fourth-order valence-electron chi connectivity index (χ4n) is 0.622. The quantitative estimate of drug-likeness (QED) is 0.552. The van der Waals surface area contributed by atoms with Crippen LogP contribution in [0.5, 0.6) is 0 Å². The highest BCUT2D eigenvalue weighted by Crippen LogP contribution is 1.98. The molecule has 0 aliphatic heterocycles. The summed E-state index contributed by atoms with van der Waals surface area (Å²) in [5.74, 6) is -2.04. The zero-order valence-corrected chi connectivity index (χ0v) is 7.00. The van der Waals surface area contributed by atoms with Crippen molar-refractivity contribution in [2.24, 2.45) is 0 Å². The van der Waals surface area contributed by atoms with Gasteiger partial charge in [-0.05, 0) is 23.7 Å². The van der Waals surface area contributed by atoms with Crippen LogP contribution in [0.3, 0.4) is 0 Å². The van der Waals surface area contributed by atoms with Gasteiger partial charge in [0.15, 0.2) is 5.76 Å². The Hall–Kier alpha value is -1.62. The normalized spacial score (nSPS) is 9.31. The summed E-state index contributed by atoms with van der Waals surface area (Å²) in [5, 5.41) is 0.479. The smallest absolute Gasteiger partial charge is 0.310 e. The van der Waals surface area contributed by atoms with Crippen LogP contribution in [0.4, 0.5) is 0 Å². The van der Waals surface area contributed by atoms with Crippen LogP contribution in [0.1, 0.15) is 10.6 Å². The van der Waals surface area contributed by atoms with Gasteiger partial charge < -0.3 is 4.42 Å². The average molecular weight is 202 g/mol. The lowest BCUT2D eigenvalue weighted by Gasteiger charge is -1.95. The molecule has 0 saturated heterocycles. The van der Waals surface area contributed by atoms with Crippen molar-refractivity contribution < 1.29 is 18.8 Å². The predicted molar refractivity (Wildman–Crippen MR) is 42.0 cm³/mol. The Morgan fingerprint density at radius 2 is 2.08 bits per heavy atom. The van der Waals surface area contributed by atoms with Gasteiger partial charge >= 0.3 is 11.1 Å². The summed E-state index contributed by atoms with van der Waals surface area (Å²) >= 11 is 4.80. The van der Waals surface area contributed by atoms with Gasteiger partial charge in [-0.25, -0.2) is 0 Å². The summed E-state index contributed by atoms with van der Waals surface area (Å²) in [5.41, 5.74) is 0. The molecular weight excluding hydrogens is 198 g/mol. The third kappa shape index (κ3) is 2.41. The molecule has 68 valence electrons. The van der Waals surface area contributed by atoms with Crippen LogP contribution in [0, 0.1) is 0 Å². The van der Waals surface area contributed by atoms with Crippen molar-refractivity contribution in [2.45, 2.75) is 0 Å². The zero-order valence-electron chi connectivity index (χ0n) is 6.24. The van der Waals surface area contributed by atoms with Gasteiger partial charge in [-0.3, -0.25) is 19.7 Å². The number of hydrogen-bond donors (Lipinski definition) is 1. The third-order valence-corrected chi connectivity index (χ3v) is 1.32. The monoisotopic (exact) mass is 201 g/mol. The highest BCUT2D eigenvalue weighted by molar-refractivity contribution is 6.81. The van der Waals surface area contributed by atoms with Gasteiger partial charge in [0.2, 0.25) is 0 Å². The van der Waals surface area contributed by atoms with E-state index in [9.17, 15) is 14.4 Å². The van der Waals surface area contributed by atoms with Crippen LogP contribution in [-0.4, -0.2) is 17.1 Å². The minimum atomic E-state index is -1.25. The molecule has 0 aromatic carbocycles. The minimum Gasteiger partial charge on any atom is -0.459 e. The highest BCUT2D eigenvalue weighted by Gasteiger charge is 2.16. The van der Waals surface area contributed by atoms with E-state index in [1.165, 1.54) is 18.4 Å². The molecule has 1 N–H and O–H groups in total. The van der Waals surface area contributed by atoms with Crippen LogP contribution in [-0.2, 0) is 9.59 Å². The summed E-state index contributed by atoms with van der Waals surface area (Å²) in [7, 11) is 0. The van der Waals surface area contributed by atoms with E-state index >= 15 is 0 Å². The maximum atomic E-state index is 11.0. The van der Waals surface area contributed by atoms with Gasteiger partial charge in [0.25, 0.3) is 5.91 Å². The summed E-state index contributed by atoms with van der Waals surface area (Å²) in [6, 6.07) is 2.82. The molecule has 13 heavy (non-hydrogen) atoms. The van der Waals surface area contributed by atoms with Gasteiger partial charge in [0, 0.05) is 0 Å². The van der Waals surface area contributed by atoms with Crippen LogP contribution in [0.2, 0.25) is 0 Å². The minimum absolute atomic E-state index is 0.0636. The Morgan fingerprint density at radius 3 is 2.54 bits per heavy atom. The molecule has 0 unspecified atom stereocenters. The molecule has 0 atom stereocenters. The van der Waals surface area contributed by atoms with Crippen LogP contribution >= 0.6 is 11.6 Å². The summed E-state index contributed by atoms with van der Waals surface area (Å²) in [6.07, 6.45) is 1.27. The van der Waals surface area contributed by atoms with Crippen LogP contribution in [0.15, 0.2) is 22.8 Å². The number of hydrogen-bond acceptors (Lipinski definition) is 4. The first-order valence-corrected chi connectivity index (χ1v) is 3.57. The van der Waals surface area contributed by atoms with Gasteiger partial charge in [0.05, 0.1) is 6.26 Å². The molecule has 0 aliphatic rings. The topological polar surface area (TPSA) is 76.4 Å². The van der Waals surface area contributed by atoms with Crippen molar-refractivity contribution in [3.8, 4) is 0 Å². The van der Waals surface area contributed by atoms with Crippen LogP contribution < -0.4 is 5.32 Å². The lowest BCUT2D eigenvalue weighted by atomic mass is 10.4. The number of rotatable bonds is 2. The molecule has 1 aromatic heterocycles. The van der Waals surface area contributed by atoms with Crippen molar-refractivity contribution in [3.63, 3.8) is 0 Å². The molecular formula is C7H4ClNO4. The number of imide groups is 1. The number of furan rings is 1. The number of carbonyl (C=O) groups is 3. The third-order valence-electron chi connectivity index (χ3n) is 1.15. The second kappa shape index (κ2) is 3.86. The second-order valence-corrected chi connectivity index (χ2v) is 2.38. The molecule has 0 radical (unpaired) electrons. The Balaban J connectivity index is 2.62. The molecule has 0 fully saturated rings. The Bertz CT molecular complexity index is 343. The molecule has 0 bridgehead atoms. The Kier molecular flexibility index (Phi) is 2.81. The molecule has 0 spiro atoms. The maximum Gasteiger partial charge on any atom is 0.310 e. The van der Waals surface area contributed by atoms with Crippen molar-refractivity contribution in [1.82, 2.24) is 5.32 Å². The molecule has 0 aliphatic carbocycles. The largest absolute Gasteiger partial charge is 0.459 e. The van der Waals surface area contributed by atoms with Crippen molar-refractivity contribution in [1.29, 1.82) is 0 Å². The average Bonchev–Trinajstić information content (AvgIpc) is 2.55. The maximum absolute atomic E-state index is 11.0. The van der Waals surface area contributed by atoms with Gasteiger partial charge in [0.1, 0.15) is 0 Å². The molecule has 6 heteroatoms. The molecule has 0 saturated carbocycles. The SMILES string of the molecule is O=C(Cl)C(=O)NC(=O)c1ccco1. The second-order valence-electron chi connectivity index (χ2n) is 2.03. The molecule has 1 aromatic rings.